The van der Waals surface area contributed by atoms with Crippen molar-refractivity contribution >= 4 is 50.3 Å². The van der Waals surface area contributed by atoms with Crippen LogP contribution in [0.5, 0.6) is 0 Å². The molecule has 0 radical (unpaired) electrons. The van der Waals surface area contributed by atoms with Crippen molar-refractivity contribution in [2.24, 2.45) is 5.73 Å². The Morgan fingerprint density at radius 2 is 1.87 bits per heavy atom. The van der Waals surface area contributed by atoms with Gasteiger partial charge in [0, 0.05) is 0 Å². The maximum absolute atomic E-state index is 12.7. The van der Waals surface area contributed by atoms with Crippen LogP contribution >= 0.6 is 23.8 Å². The summed E-state index contributed by atoms with van der Waals surface area (Å²) in [5.41, 5.74) is 8.00. The highest BCUT2D eigenvalue weighted by Crippen LogP contribution is 2.31. The van der Waals surface area contributed by atoms with E-state index >= 15 is 0 Å². The van der Waals surface area contributed by atoms with Gasteiger partial charge in [-0.05, 0) is 49.8 Å². The minimum absolute atomic E-state index is 0.0461. The van der Waals surface area contributed by atoms with Crippen LogP contribution in [0.15, 0.2) is 41.3 Å². The lowest BCUT2D eigenvalue weighted by Gasteiger charge is -2.15. The van der Waals surface area contributed by atoms with Gasteiger partial charge in [-0.3, -0.25) is 4.72 Å². The zero-order valence-corrected chi connectivity index (χ0v) is 14.9. The third-order valence-corrected chi connectivity index (χ3v) is 5.11. The second-order valence-electron chi connectivity index (χ2n) is 5.03. The van der Waals surface area contributed by atoms with E-state index in [-0.39, 0.29) is 20.7 Å². The molecular formula is C15H16ClN3O2S2. The average molecular weight is 370 g/mol. The Morgan fingerprint density at radius 3 is 2.48 bits per heavy atom. The summed E-state index contributed by atoms with van der Waals surface area (Å²) in [7, 11) is -3.92. The number of halogens is 1. The largest absolute Gasteiger partial charge is 0.376 e. The van der Waals surface area contributed by atoms with Gasteiger partial charge in [-0.15, -0.1) is 0 Å². The second-order valence-corrected chi connectivity index (χ2v) is 7.50. The highest BCUT2D eigenvalue weighted by molar-refractivity contribution is 7.93. The number of anilines is 2. The Labute approximate surface area is 145 Å². The molecule has 0 atom stereocenters. The maximum Gasteiger partial charge on any atom is 0.265 e. The number of aryl methyl sites for hydroxylation is 2. The van der Waals surface area contributed by atoms with Crippen molar-refractivity contribution in [3.8, 4) is 0 Å². The van der Waals surface area contributed by atoms with Crippen molar-refractivity contribution in [3.05, 3.63) is 52.5 Å². The molecule has 0 aliphatic rings. The lowest BCUT2D eigenvalue weighted by atomic mass is 10.1. The summed E-state index contributed by atoms with van der Waals surface area (Å²) in [5.74, 6) is 0. The minimum Gasteiger partial charge on any atom is -0.376 e. The molecule has 0 fully saturated rings. The van der Waals surface area contributed by atoms with Gasteiger partial charge in [0.25, 0.3) is 10.0 Å². The molecule has 0 saturated carbocycles. The Morgan fingerprint density at radius 1 is 1.17 bits per heavy atom. The molecule has 0 saturated heterocycles. The van der Waals surface area contributed by atoms with Gasteiger partial charge < -0.3 is 11.1 Å². The van der Waals surface area contributed by atoms with Crippen molar-refractivity contribution in [2.45, 2.75) is 18.7 Å². The maximum atomic E-state index is 12.7. The van der Waals surface area contributed by atoms with Gasteiger partial charge in [0.1, 0.15) is 4.90 Å². The Kier molecular flexibility index (Phi) is 5.13. The summed E-state index contributed by atoms with van der Waals surface area (Å²) in [4.78, 5) is -0.102. The molecule has 0 amide bonds. The van der Waals surface area contributed by atoms with Crippen LogP contribution in [0.25, 0.3) is 0 Å². The van der Waals surface area contributed by atoms with E-state index in [1.54, 1.807) is 18.2 Å². The molecule has 5 nitrogen and oxygen atoms in total. The molecule has 4 N–H and O–H groups in total. The number of sulfonamides is 1. The number of hydrogen-bond acceptors (Lipinski definition) is 3. The van der Waals surface area contributed by atoms with Gasteiger partial charge in [0.15, 0.2) is 5.11 Å². The van der Waals surface area contributed by atoms with Gasteiger partial charge in [0.05, 0.1) is 16.4 Å². The van der Waals surface area contributed by atoms with E-state index < -0.39 is 10.0 Å². The van der Waals surface area contributed by atoms with E-state index in [4.69, 9.17) is 29.6 Å². The van der Waals surface area contributed by atoms with Crippen molar-refractivity contribution in [1.82, 2.24) is 0 Å². The zero-order chi connectivity index (χ0) is 17.2. The van der Waals surface area contributed by atoms with Crippen LogP contribution in [0.3, 0.4) is 0 Å². The van der Waals surface area contributed by atoms with Crippen molar-refractivity contribution in [1.29, 1.82) is 0 Å². The lowest BCUT2D eigenvalue weighted by Crippen LogP contribution is -2.22. The van der Waals surface area contributed by atoms with Crippen LogP contribution in [-0.4, -0.2) is 13.5 Å². The van der Waals surface area contributed by atoms with Crippen LogP contribution in [0.4, 0.5) is 11.4 Å². The topological polar surface area (TPSA) is 84.2 Å². The summed E-state index contributed by atoms with van der Waals surface area (Å²) in [6.07, 6.45) is 0. The number of hydrogen-bond donors (Lipinski definition) is 3. The van der Waals surface area contributed by atoms with Crippen molar-refractivity contribution in [3.63, 3.8) is 0 Å². The number of nitrogens with two attached hydrogens (primary N) is 1. The first kappa shape index (κ1) is 17.5. The summed E-state index contributed by atoms with van der Waals surface area (Å²) in [5, 5.41) is 2.66. The third kappa shape index (κ3) is 4.13. The molecule has 0 spiro atoms. The summed E-state index contributed by atoms with van der Waals surface area (Å²) in [6.45, 7) is 3.76. The van der Waals surface area contributed by atoms with Crippen LogP contribution in [0.2, 0.25) is 5.02 Å². The number of rotatable bonds is 4. The van der Waals surface area contributed by atoms with E-state index in [0.29, 0.717) is 5.69 Å². The molecule has 8 heteroatoms. The van der Waals surface area contributed by atoms with E-state index in [1.807, 2.05) is 26.0 Å². The molecular weight excluding hydrogens is 354 g/mol. The summed E-state index contributed by atoms with van der Waals surface area (Å²) >= 11 is 10.9. The monoisotopic (exact) mass is 369 g/mol. The quantitative estimate of drug-likeness (QED) is 0.719. The number of nitrogens with one attached hydrogen (secondary N) is 2. The highest BCUT2D eigenvalue weighted by atomic mass is 35.5. The highest BCUT2D eigenvalue weighted by Gasteiger charge is 2.23. The summed E-state index contributed by atoms with van der Waals surface area (Å²) < 4.78 is 28.0. The molecule has 0 heterocycles. The fourth-order valence-corrected chi connectivity index (χ4v) is 4.08. The molecule has 0 bridgehead atoms. The van der Waals surface area contributed by atoms with Crippen LogP contribution in [0.1, 0.15) is 11.1 Å². The van der Waals surface area contributed by atoms with E-state index in [1.165, 1.54) is 6.07 Å². The molecule has 122 valence electrons. The van der Waals surface area contributed by atoms with E-state index in [9.17, 15) is 8.42 Å². The molecule has 23 heavy (non-hydrogen) atoms. The average Bonchev–Trinajstić information content (AvgIpc) is 2.41. The van der Waals surface area contributed by atoms with Crippen LogP contribution < -0.4 is 15.8 Å². The van der Waals surface area contributed by atoms with Gasteiger partial charge in [0.2, 0.25) is 0 Å². The SMILES string of the molecule is Cc1ccc(NS(=O)(=O)c2c(Cl)cccc2NC(N)=S)c(C)c1. The van der Waals surface area contributed by atoms with Gasteiger partial charge in [-0.2, -0.15) is 0 Å². The standard InChI is InChI=1S/C15H16ClN3O2S2/c1-9-6-7-12(10(2)8-9)19-23(20,21)14-11(16)4-3-5-13(14)18-15(17)22/h3-8,19H,1-2H3,(H3,17,18,22). The van der Waals surface area contributed by atoms with Crippen LogP contribution in [-0.2, 0) is 10.0 Å². The Bertz CT molecular complexity index is 867. The fourth-order valence-electron chi connectivity index (χ4n) is 2.14. The first-order valence-electron chi connectivity index (χ1n) is 6.66. The van der Waals surface area contributed by atoms with E-state index in [0.717, 1.165) is 11.1 Å². The predicted octanol–water partition coefficient (Wildman–Crippen LogP) is 3.41. The number of thiocarbonyl (C=S) groups is 1. The van der Waals surface area contributed by atoms with Gasteiger partial charge in [-0.25, -0.2) is 8.42 Å². The third-order valence-electron chi connectivity index (χ3n) is 3.12. The Balaban J connectivity index is 2.49. The molecule has 0 aliphatic heterocycles. The second kappa shape index (κ2) is 6.74. The van der Waals surface area contributed by atoms with Crippen LogP contribution in [0, 0.1) is 13.8 Å². The summed E-state index contributed by atoms with van der Waals surface area (Å²) in [6, 6.07) is 10.1. The van der Waals surface area contributed by atoms with E-state index in [2.05, 4.69) is 10.0 Å². The zero-order valence-electron chi connectivity index (χ0n) is 12.6. The molecule has 2 rings (SSSR count). The first-order valence-corrected chi connectivity index (χ1v) is 8.92. The predicted molar refractivity (Wildman–Crippen MR) is 98.6 cm³/mol. The smallest absolute Gasteiger partial charge is 0.265 e. The number of benzene rings is 2. The van der Waals surface area contributed by atoms with Gasteiger partial charge >= 0.3 is 0 Å². The molecule has 0 aromatic heterocycles. The Hall–Kier alpha value is -1.83. The molecule has 2 aromatic carbocycles. The van der Waals surface area contributed by atoms with Crippen molar-refractivity contribution < 1.29 is 8.42 Å². The van der Waals surface area contributed by atoms with Crippen molar-refractivity contribution in [2.75, 3.05) is 10.0 Å². The normalized spacial score (nSPS) is 11.1. The first-order chi connectivity index (χ1) is 10.7. The minimum atomic E-state index is -3.92. The lowest BCUT2D eigenvalue weighted by molar-refractivity contribution is 0.601. The fraction of sp³-hybridized carbons (Fsp3) is 0.133. The van der Waals surface area contributed by atoms with Gasteiger partial charge in [-0.1, -0.05) is 35.4 Å². The molecule has 2 aromatic rings. The molecule has 0 aliphatic carbocycles. The molecule has 0 unspecified atom stereocenters.